The molecule has 2 aromatic carbocycles. The van der Waals surface area contributed by atoms with E-state index in [0.717, 1.165) is 0 Å². The Morgan fingerprint density at radius 2 is 1.92 bits per heavy atom. The number of aromatic nitrogens is 3. The van der Waals surface area contributed by atoms with Crippen LogP contribution in [0.3, 0.4) is 0 Å². The van der Waals surface area contributed by atoms with Crippen molar-refractivity contribution in [1.82, 2.24) is 15.2 Å². The number of hydrogen-bond donors (Lipinski definition) is 2. The Kier molecular flexibility index (Phi) is 5.13. The van der Waals surface area contributed by atoms with Crippen LogP contribution in [-0.4, -0.2) is 15.2 Å². The molecule has 0 saturated heterocycles. The van der Waals surface area contributed by atoms with E-state index in [1.165, 1.54) is 17.3 Å². The molecule has 3 rings (SSSR count). The van der Waals surface area contributed by atoms with E-state index in [-0.39, 0.29) is 0 Å². The Hall–Kier alpha value is -2.37. The summed E-state index contributed by atoms with van der Waals surface area (Å²) in [6.45, 7) is 2.69. The summed E-state index contributed by atoms with van der Waals surface area (Å²) in [5.74, 6) is 0.981. The van der Waals surface area contributed by atoms with Crippen LogP contribution < -0.4 is 10.6 Å². The molecule has 3 aromatic rings. The van der Waals surface area contributed by atoms with Crippen molar-refractivity contribution in [2.75, 3.05) is 10.6 Å². The number of hydrogen-bond acceptors (Lipinski definition) is 5. The van der Waals surface area contributed by atoms with Crippen molar-refractivity contribution in [3.8, 4) is 0 Å². The number of benzene rings is 2. The lowest BCUT2D eigenvalue weighted by Gasteiger charge is -2.10. The van der Waals surface area contributed by atoms with E-state index in [0.29, 0.717) is 34.0 Å². The molecule has 0 aliphatic rings. The molecule has 0 aliphatic carbocycles. The first kappa shape index (κ1) is 16.5. The molecular formula is C17H15Cl2N5. The molecule has 0 atom stereocenters. The molecule has 2 N–H and O–H groups in total. The summed E-state index contributed by atoms with van der Waals surface area (Å²) in [5.41, 5.74) is 3.09. The van der Waals surface area contributed by atoms with E-state index in [9.17, 15) is 0 Å². The molecule has 0 bridgehead atoms. The molecular weight excluding hydrogens is 345 g/mol. The van der Waals surface area contributed by atoms with Crippen molar-refractivity contribution < 1.29 is 0 Å². The number of nitrogens with zero attached hydrogens (tertiary/aromatic N) is 3. The fourth-order valence-electron chi connectivity index (χ4n) is 2.15. The topological polar surface area (TPSA) is 62.7 Å². The second-order valence-electron chi connectivity index (χ2n) is 5.19. The summed E-state index contributed by atoms with van der Waals surface area (Å²) in [4.78, 5) is 4.39. The third kappa shape index (κ3) is 4.13. The Morgan fingerprint density at radius 1 is 1.08 bits per heavy atom. The predicted octanol–water partition coefficient (Wildman–Crippen LogP) is 4.84. The van der Waals surface area contributed by atoms with Crippen molar-refractivity contribution >= 4 is 40.7 Å². The van der Waals surface area contributed by atoms with E-state index in [1.54, 1.807) is 18.2 Å². The summed E-state index contributed by atoms with van der Waals surface area (Å²) in [7, 11) is 0. The molecule has 0 spiro atoms. The highest BCUT2D eigenvalue weighted by Crippen LogP contribution is 2.27. The van der Waals surface area contributed by atoms with Gasteiger partial charge in [0.25, 0.3) is 0 Å². The SMILES string of the molecule is Cc1ccccc1CNc1nncc(Nc2ccc(Cl)cc2Cl)n1. The van der Waals surface area contributed by atoms with Crippen molar-refractivity contribution in [3.63, 3.8) is 0 Å². The predicted molar refractivity (Wildman–Crippen MR) is 98.1 cm³/mol. The zero-order valence-corrected chi connectivity index (χ0v) is 14.4. The molecule has 1 aromatic heterocycles. The van der Waals surface area contributed by atoms with E-state index in [1.807, 2.05) is 12.1 Å². The molecule has 7 heteroatoms. The van der Waals surface area contributed by atoms with Crippen LogP contribution in [-0.2, 0) is 6.54 Å². The number of aryl methyl sites for hydroxylation is 1. The van der Waals surface area contributed by atoms with Gasteiger partial charge in [0.2, 0.25) is 5.95 Å². The third-order valence-electron chi connectivity index (χ3n) is 3.45. The molecule has 0 amide bonds. The van der Waals surface area contributed by atoms with Gasteiger partial charge < -0.3 is 10.6 Å². The molecule has 122 valence electrons. The van der Waals surface area contributed by atoms with Crippen LogP contribution in [0.25, 0.3) is 0 Å². The Labute approximate surface area is 150 Å². The van der Waals surface area contributed by atoms with E-state index < -0.39 is 0 Å². The minimum Gasteiger partial charge on any atom is -0.349 e. The molecule has 0 radical (unpaired) electrons. The number of rotatable bonds is 5. The van der Waals surface area contributed by atoms with E-state index >= 15 is 0 Å². The lowest BCUT2D eigenvalue weighted by molar-refractivity contribution is 0.946. The van der Waals surface area contributed by atoms with Crippen LogP contribution >= 0.6 is 23.2 Å². The van der Waals surface area contributed by atoms with Gasteiger partial charge in [-0.3, -0.25) is 0 Å². The molecule has 0 aliphatic heterocycles. The van der Waals surface area contributed by atoms with E-state index in [2.05, 4.69) is 44.9 Å². The van der Waals surface area contributed by atoms with Gasteiger partial charge >= 0.3 is 0 Å². The van der Waals surface area contributed by atoms with Gasteiger partial charge in [0, 0.05) is 11.6 Å². The smallest absolute Gasteiger partial charge is 0.244 e. The minimum atomic E-state index is 0.438. The van der Waals surface area contributed by atoms with Gasteiger partial charge in [-0.15, -0.1) is 5.10 Å². The highest BCUT2D eigenvalue weighted by Gasteiger charge is 2.05. The van der Waals surface area contributed by atoms with Crippen LogP contribution in [0.15, 0.2) is 48.7 Å². The maximum absolute atomic E-state index is 6.15. The summed E-state index contributed by atoms with van der Waals surface area (Å²) in [6.07, 6.45) is 1.53. The van der Waals surface area contributed by atoms with Gasteiger partial charge in [0.1, 0.15) is 0 Å². The van der Waals surface area contributed by atoms with Crippen LogP contribution in [0.1, 0.15) is 11.1 Å². The summed E-state index contributed by atoms with van der Waals surface area (Å²) >= 11 is 12.0. The second kappa shape index (κ2) is 7.47. The lowest BCUT2D eigenvalue weighted by atomic mass is 10.1. The first-order valence-corrected chi connectivity index (χ1v) is 8.07. The Morgan fingerprint density at radius 3 is 2.71 bits per heavy atom. The summed E-state index contributed by atoms with van der Waals surface area (Å²) in [5, 5.41) is 15.3. The van der Waals surface area contributed by atoms with Crippen molar-refractivity contribution in [1.29, 1.82) is 0 Å². The van der Waals surface area contributed by atoms with Crippen LogP contribution in [0.5, 0.6) is 0 Å². The van der Waals surface area contributed by atoms with Gasteiger partial charge in [0.05, 0.1) is 16.9 Å². The molecule has 1 heterocycles. The Balaban J connectivity index is 1.71. The second-order valence-corrected chi connectivity index (χ2v) is 6.04. The van der Waals surface area contributed by atoms with E-state index in [4.69, 9.17) is 23.2 Å². The number of anilines is 3. The van der Waals surface area contributed by atoms with Gasteiger partial charge in [-0.25, -0.2) is 0 Å². The monoisotopic (exact) mass is 359 g/mol. The maximum atomic E-state index is 6.15. The van der Waals surface area contributed by atoms with Gasteiger partial charge in [-0.05, 0) is 36.2 Å². The highest BCUT2D eigenvalue weighted by molar-refractivity contribution is 6.36. The average molecular weight is 360 g/mol. The quantitative estimate of drug-likeness (QED) is 0.682. The number of halogens is 2. The van der Waals surface area contributed by atoms with Gasteiger partial charge in [-0.1, -0.05) is 47.5 Å². The fraction of sp³-hybridized carbons (Fsp3) is 0.118. The summed E-state index contributed by atoms with van der Waals surface area (Å²) in [6, 6.07) is 13.3. The number of nitrogens with one attached hydrogen (secondary N) is 2. The first-order chi connectivity index (χ1) is 11.6. The first-order valence-electron chi connectivity index (χ1n) is 7.32. The molecule has 0 saturated carbocycles. The highest BCUT2D eigenvalue weighted by atomic mass is 35.5. The van der Waals surface area contributed by atoms with Crippen molar-refractivity contribution in [2.24, 2.45) is 0 Å². The van der Waals surface area contributed by atoms with Gasteiger partial charge in [0.15, 0.2) is 5.82 Å². The molecule has 0 fully saturated rings. The molecule has 5 nitrogen and oxygen atoms in total. The summed E-state index contributed by atoms with van der Waals surface area (Å²) < 4.78 is 0. The van der Waals surface area contributed by atoms with Crippen LogP contribution in [0.2, 0.25) is 10.0 Å². The largest absolute Gasteiger partial charge is 0.349 e. The van der Waals surface area contributed by atoms with Crippen molar-refractivity contribution in [3.05, 3.63) is 69.8 Å². The van der Waals surface area contributed by atoms with Gasteiger partial charge in [-0.2, -0.15) is 10.1 Å². The average Bonchev–Trinajstić information content (AvgIpc) is 2.57. The standard InChI is InChI=1S/C17H15Cl2N5/c1-11-4-2-3-5-12(11)9-20-17-23-16(10-21-24-17)22-15-7-6-13(18)8-14(15)19/h2-8,10H,9H2,1H3,(H2,20,22,23,24). The van der Waals surface area contributed by atoms with Crippen molar-refractivity contribution in [2.45, 2.75) is 13.5 Å². The lowest BCUT2D eigenvalue weighted by Crippen LogP contribution is -2.07. The molecule has 24 heavy (non-hydrogen) atoms. The van der Waals surface area contributed by atoms with Crippen LogP contribution in [0.4, 0.5) is 17.5 Å². The van der Waals surface area contributed by atoms with Crippen LogP contribution in [0, 0.1) is 6.92 Å². The zero-order chi connectivity index (χ0) is 16.9. The minimum absolute atomic E-state index is 0.438. The normalized spacial score (nSPS) is 10.5. The maximum Gasteiger partial charge on any atom is 0.244 e. The zero-order valence-electron chi connectivity index (χ0n) is 12.9. The third-order valence-corrected chi connectivity index (χ3v) is 4.00. The fourth-order valence-corrected chi connectivity index (χ4v) is 2.61. The Bertz CT molecular complexity index is 854. The molecule has 0 unspecified atom stereocenters.